The Kier molecular flexibility index (Phi) is 3.62. The first-order valence-electron chi connectivity index (χ1n) is 6.07. The van der Waals surface area contributed by atoms with Crippen molar-refractivity contribution in [2.45, 2.75) is 6.92 Å². The Morgan fingerprint density at radius 3 is 2.70 bits per heavy atom. The van der Waals surface area contributed by atoms with E-state index in [4.69, 9.17) is 5.11 Å². The van der Waals surface area contributed by atoms with Crippen molar-refractivity contribution in [2.24, 2.45) is 0 Å². The zero-order chi connectivity index (χ0) is 13.9. The van der Waals surface area contributed by atoms with E-state index in [0.29, 0.717) is 0 Å². The minimum Gasteiger partial charge on any atom is -0.508 e. The lowest BCUT2D eigenvalue weighted by Crippen LogP contribution is -1.67. The molecule has 0 unspecified atom stereocenters. The minimum atomic E-state index is 0.280. The van der Waals surface area contributed by atoms with Crippen LogP contribution in [0, 0.1) is 6.92 Å². The number of rotatable bonds is 0. The fourth-order valence-corrected chi connectivity index (χ4v) is 3.32. The highest BCUT2D eigenvalue weighted by molar-refractivity contribution is 7.18. The lowest BCUT2D eigenvalue weighted by atomic mass is 10.3. The van der Waals surface area contributed by atoms with Crippen LogP contribution in [0.15, 0.2) is 48.0 Å². The van der Waals surface area contributed by atoms with Gasteiger partial charge in [-0.05, 0) is 31.2 Å². The third-order valence-electron chi connectivity index (χ3n) is 2.71. The van der Waals surface area contributed by atoms with E-state index in [1.165, 1.54) is 4.70 Å². The lowest BCUT2D eigenvalue weighted by molar-refractivity contribution is 0.476. The number of benzene rings is 2. The zero-order valence-corrected chi connectivity index (χ0v) is 12.4. The topological polar surface area (TPSA) is 46.0 Å². The van der Waals surface area contributed by atoms with Crippen LogP contribution in [0.25, 0.3) is 20.4 Å². The summed E-state index contributed by atoms with van der Waals surface area (Å²) in [6.45, 7) is 1.96. The van der Waals surface area contributed by atoms with Crippen molar-refractivity contribution in [3.8, 4) is 5.75 Å². The maximum atomic E-state index is 9.10. The van der Waals surface area contributed by atoms with Gasteiger partial charge in [0.25, 0.3) is 0 Å². The van der Waals surface area contributed by atoms with Gasteiger partial charge in [-0.25, -0.2) is 9.97 Å². The summed E-state index contributed by atoms with van der Waals surface area (Å²) >= 11 is 3.31. The average Bonchev–Trinajstić information content (AvgIpc) is 3.04. The Morgan fingerprint density at radius 1 is 1.00 bits per heavy atom. The second-order valence-electron chi connectivity index (χ2n) is 4.20. The van der Waals surface area contributed by atoms with E-state index >= 15 is 0 Å². The SMILES string of the molecule is Cc1nc2cc(O)ccc2s1.c1ccc2scnc2c1. The molecule has 5 heteroatoms. The summed E-state index contributed by atoms with van der Waals surface area (Å²) in [7, 11) is 0. The van der Waals surface area contributed by atoms with Gasteiger partial charge >= 0.3 is 0 Å². The second-order valence-corrected chi connectivity index (χ2v) is 6.33. The molecule has 0 atom stereocenters. The van der Waals surface area contributed by atoms with Crippen LogP contribution in [0.5, 0.6) is 5.75 Å². The average molecular weight is 300 g/mol. The zero-order valence-electron chi connectivity index (χ0n) is 10.8. The molecule has 4 rings (SSSR count). The highest BCUT2D eigenvalue weighted by atomic mass is 32.1. The van der Waals surface area contributed by atoms with Crippen molar-refractivity contribution in [2.75, 3.05) is 0 Å². The van der Waals surface area contributed by atoms with E-state index in [9.17, 15) is 0 Å². The molecule has 0 bridgehead atoms. The number of nitrogens with zero attached hydrogens (tertiary/aromatic N) is 2. The summed E-state index contributed by atoms with van der Waals surface area (Å²) in [5.74, 6) is 0.280. The fourth-order valence-electron chi connectivity index (χ4n) is 1.83. The molecule has 4 aromatic rings. The van der Waals surface area contributed by atoms with Crippen LogP contribution in [0.3, 0.4) is 0 Å². The van der Waals surface area contributed by atoms with Gasteiger partial charge < -0.3 is 5.11 Å². The Bertz CT molecular complexity index is 821. The monoisotopic (exact) mass is 300 g/mol. The largest absolute Gasteiger partial charge is 0.508 e. The van der Waals surface area contributed by atoms with Gasteiger partial charge in [0, 0.05) is 6.07 Å². The number of hydrogen-bond acceptors (Lipinski definition) is 5. The number of fused-ring (bicyclic) bond motifs is 2. The van der Waals surface area contributed by atoms with E-state index in [2.05, 4.69) is 16.0 Å². The maximum Gasteiger partial charge on any atom is 0.117 e. The number of para-hydroxylation sites is 1. The van der Waals surface area contributed by atoms with Gasteiger partial charge in [0.05, 0.1) is 31.0 Å². The summed E-state index contributed by atoms with van der Waals surface area (Å²) in [5.41, 5.74) is 3.85. The molecule has 0 radical (unpaired) electrons. The third kappa shape index (κ3) is 2.79. The number of hydrogen-bond donors (Lipinski definition) is 1. The fraction of sp³-hybridized carbons (Fsp3) is 0.0667. The molecule has 0 fully saturated rings. The molecular weight excluding hydrogens is 288 g/mol. The van der Waals surface area contributed by atoms with Gasteiger partial charge in [-0.3, -0.25) is 0 Å². The molecule has 0 aliphatic carbocycles. The molecule has 20 heavy (non-hydrogen) atoms. The van der Waals surface area contributed by atoms with Crippen LogP contribution < -0.4 is 0 Å². The van der Waals surface area contributed by atoms with Gasteiger partial charge in [-0.15, -0.1) is 22.7 Å². The molecule has 0 aliphatic rings. The van der Waals surface area contributed by atoms with Gasteiger partial charge in [-0.1, -0.05) is 12.1 Å². The summed E-state index contributed by atoms with van der Waals surface area (Å²) in [6.07, 6.45) is 0. The van der Waals surface area contributed by atoms with E-state index in [1.807, 2.05) is 36.7 Å². The number of phenols is 1. The number of phenolic OH excluding ortho intramolecular Hbond substituents is 1. The van der Waals surface area contributed by atoms with E-state index in [-0.39, 0.29) is 5.75 Å². The van der Waals surface area contributed by atoms with Crippen molar-refractivity contribution < 1.29 is 5.11 Å². The molecule has 0 amide bonds. The predicted octanol–water partition coefficient (Wildman–Crippen LogP) is 4.61. The first-order valence-corrected chi connectivity index (χ1v) is 7.76. The van der Waals surface area contributed by atoms with Crippen LogP contribution in [-0.4, -0.2) is 15.1 Å². The Balaban J connectivity index is 0.000000123. The first-order chi connectivity index (χ1) is 9.72. The first kappa shape index (κ1) is 13.0. The summed E-state index contributed by atoms with van der Waals surface area (Å²) in [6, 6.07) is 13.4. The van der Waals surface area contributed by atoms with Crippen LogP contribution in [-0.2, 0) is 0 Å². The Morgan fingerprint density at radius 2 is 1.85 bits per heavy atom. The number of aromatic nitrogens is 2. The highest BCUT2D eigenvalue weighted by Crippen LogP contribution is 2.24. The molecule has 2 heterocycles. The standard InChI is InChI=1S/C8H7NOS.C7H5NS/c1-5-9-7-4-6(10)2-3-8(7)11-5;1-2-4-7-6(3-1)8-5-9-7/h2-4,10H,1H3;1-5H. The molecule has 1 N–H and O–H groups in total. The highest BCUT2D eigenvalue weighted by Gasteiger charge is 1.99. The number of aryl methyl sites for hydroxylation is 1. The summed E-state index contributed by atoms with van der Waals surface area (Å²) in [5, 5.41) is 10.1. The summed E-state index contributed by atoms with van der Waals surface area (Å²) in [4.78, 5) is 8.37. The molecule has 0 aliphatic heterocycles. The predicted molar refractivity (Wildman–Crippen MR) is 85.6 cm³/mol. The molecule has 0 saturated carbocycles. The molecule has 2 aromatic carbocycles. The van der Waals surface area contributed by atoms with Crippen molar-refractivity contribution in [1.82, 2.24) is 9.97 Å². The van der Waals surface area contributed by atoms with Crippen molar-refractivity contribution in [1.29, 1.82) is 0 Å². The second kappa shape index (κ2) is 5.56. The number of thiazole rings is 2. The van der Waals surface area contributed by atoms with Crippen LogP contribution >= 0.6 is 22.7 Å². The van der Waals surface area contributed by atoms with E-state index in [1.54, 1.807) is 34.8 Å². The van der Waals surface area contributed by atoms with Gasteiger partial charge in [-0.2, -0.15) is 0 Å². The van der Waals surface area contributed by atoms with Gasteiger partial charge in [0.2, 0.25) is 0 Å². The Hall–Kier alpha value is -1.98. The lowest BCUT2D eigenvalue weighted by Gasteiger charge is -1.87. The number of aromatic hydroxyl groups is 1. The van der Waals surface area contributed by atoms with E-state index in [0.717, 1.165) is 20.7 Å². The molecule has 2 aromatic heterocycles. The molecular formula is C15H12N2OS2. The molecule has 100 valence electrons. The van der Waals surface area contributed by atoms with Crippen LogP contribution in [0.4, 0.5) is 0 Å². The molecule has 0 saturated heterocycles. The van der Waals surface area contributed by atoms with Crippen LogP contribution in [0.1, 0.15) is 5.01 Å². The minimum absolute atomic E-state index is 0.280. The van der Waals surface area contributed by atoms with Crippen LogP contribution in [0.2, 0.25) is 0 Å². The smallest absolute Gasteiger partial charge is 0.117 e. The summed E-state index contributed by atoms with van der Waals surface area (Å²) < 4.78 is 2.39. The van der Waals surface area contributed by atoms with Crippen molar-refractivity contribution in [3.05, 3.63) is 53.0 Å². The normalized spacial score (nSPS) is 10.4. The van der Waals surface area contributed by atoms with Crippen molar-refractivity contribution >= 4 is 43.1 Å². The van der Waals surface area contributed by atoms with Gasteiger partial charge in [0.1, 0.15) is 5.75 Å². The molecule has 0 spiro atoms. The van der Waals surface area contributed by atoms with Gasteiger partial charge in [0.15, 0.2) is 0 Å². The van der Waals surface area contributed by atoms with E-state index < -0.39 is 0 Å². The van der Waals surface area contributed by atoms with Crippen molar-refractivity contribution in [3.63, 3.8) is 0 Å². The Labute approximate surface area is 124 Å². The third-order valence-corrected chi connectivity index (χ3v) is 4.48. The molecule has 3 nitrogen and oxygen atoms in total. The maximum absolute atomic E-state index is 9.10. The quantitative estimate of drug-likeness (QED) is 0.516.